The minimum atomic E-state index is -0.865. The summed E-state index contributed by atoms with van der Waals surface area (Å²) in [5.41, 5.74) is 0.659. The van der Waals surface area contributed by atoms with Gasteiger partial charge in [0.2, 0.25) is 0 Å². The molecule has 2 rings (SSSR count). The lowest BCUT2D eigenvalue weighted by Crippen LogP contribution is -2.33. The molecule has 1 aromatic rings. The van der Waals surface area contributed by atoms with Crippen LogP contribution in [0.25, 0.3) is 0 Å². The van der Waals surface area contributed by atoms with Crippen molar-refractivity contribution < 1.29 is 14.6 Å². The SMILES string of the molecule is COc1c(C(C)(C)C)cc(Cl)cc1C1(C(=O)O)CCCC1. The summed E-state index contributed by atoms with van der Waals surface area (Å²) >= 11 is 6.28. The maximum Gasteiger partial charge on any atom is 0.314 e. The molecule has 0 amide bonds. The van der Waals surface area contributed by atoms with E-state index in [0.29, 0.717) is 23.6 Å². The number of ether oxygens (including phenoxy) is 1. The van der Waals surface area contributed by atoms with Crippen LogP contribution in [0.1, 0.15) is 57.6 Å². The first-order chi connectivity index (χ1) is 9.72. The largest absolute Gasteiger partial charge is 0.496 e. The molecule has 1 aliphatic rings. The van der Waals surface area contributed by atoms with E-state index in [9.17, 15) is 9.90 Å². The Morgan fingerprint density at radius 2 is 1.86 bits per heavy atom. The molecule has 3 nitrogen and oxygen atoms in total. The van der Waals surface area contributed by atoms with Gasteiger partial charge >= 0.3 is 5.97 Å². The fourth-order valence-electron chi connectivity index (χ4n) is 3.30. The molecule has 1 saturated carbocycles. The lowest BCUT2D eigenvalue weighted by atomic mass is 9.75. The maximum absolute atomic E-state index is 12.0. The highest BCUT2D eigenvalue weighted by atomic mass is 35.5. The van der Waals surface area contributed by atoms with Crippen LogP contribution >= 0.6 is 11.6 Å². The van der Waals surface area contributed by atoms with Crippen LogP contribution in [0, 0.1) is 0 Å². The summed E-state index contributed by atoms with van der Waals surface area (Å²) in [6.45, 7) is 6.23. The first kappa shape index (κ1) is 16.2. The molecule has 0 atom stereocenters. The molecule has 4 heteroatoms. The molecule has 21 heavy (non-hydrogen) atoms. The molecule has 0 aliphatic heterocycles. The Kier molecular flexibility index (Phi) is 4.25. The quantitative estimate of drug-likeness (QED) is 0.891. The van der Waals surface area contributed by atoms with Crippen molar-refractivity contribution in [1.82, 2.24) is 0 Å². The van der Waals surface area contributed by atoms with Gasteiger partial charge in [-0.1, -0.05) is 45.2 Å². The molecule has 1 aromatic carbocycles. The summed E-state index contributed by atoms with van der Waals surface area (Å²) in [5, 5.41) is 10.4. The molecule has 0 bridgehead atoms. The van der Waals surface area contributed by atoms with E-state index < -0.39 is 11.4 Å². The van der Waals surface area contributed by atoms with Gasteiger partial charge in [0.15, 0.2) is 0 Å². The molecule has 0 saturated heterocycles. The number of benzene rings is 1. The van der Waals surface area contributed by atoms with E-state index in [1.54, 1.807) is 13.2 Å². The number of hydrogen-bond donors (Lipinski definition) is 1. The maximum atomic E-state index is 12.0. The average molecular weight is 311 g/mol. The van der Waals surface area contributed by atoms with E-state index in [0.717, 1.165) is 24.0 Å². The number of carboxylic acids is 1. The zero-order valence-electron chi connectivity index (χ0n) is 13.1. The van der Waals surface area contributed by atoms with Gasteiger partial charge in [-0.15, -0.1) is 0 Å². The van der Waals surface area contributed by atoms with Crippen molar-refractivity contribution in [3.05, 3.63) is 28.3 Å². The van der Waals surface area contributed by atoms with E-state index in [-0.39, 0.29) is 5.41 Å². The second-order valence-corrected chi connectivity index (χ2v) is 7.31. The van der Waals surface area contributed by atoms with Crippen molar-refractivity contribution in [2.75, 3.05) is 7.11 Å². The monoisotopic (exact) mass is 310 g/mol. The molecule has 0 radical (unpaired) electrons. The Hall–Kier alpha value is -1.22. The molecule has 0 spiro atoms. The highest BCUT2D eigenvalue weighted by molar-refractivity contribution is 6.30. The Bertz CT molecular complexity index is 552. The molecule has 0 heterocycles. The molecule has 0 unspecified atom stereocenters. The van der Waals surface area contributed by atoms with Crippen LogP contribution in [0.15, 0.2) is 12.1 Å². The summed E-state index contributed by atoms with van der Waals surface area (Å²) in [4.78, 5) is 12.0. The number of halogens is 1. The van der Waals surface area contributed by atoms with Gasteiger partial charge in [0.25, 0.3) is 0 Å². The molecular weight excluding hydrogens is 288 g/mol. The van der Waals surface area contributed by atoms with E-state index in [2.05, 4.69) is 20.8 Å². The molecular formula is C17H23ClO3. The van der Waals surface area contributed by atoms with Gasteiger partial charge in [0, 0.05) is 16.1 Å². The van der Waals surface area contributed by atoms with E-state index in [1.807, 2.05) is 6.07 Å². The Morgan fingerprint density at radius 1 is 1.29 bits per heavy atom. The third-order valence-corrected chi connectivity index (χ3v) is 4.67. The van der Waals surface area contributed by atoms with Crippen molar-refractivity contribution in [1.29, 1.82) is 0 Å². The lowest BCUT2D eigenvalue weighted by Gasteiger charge is -2.31. The summed E-state index contributed by atoms with van der Waals surface area (Å²) in [6, 6.07) is 3.66. The zero-order valence-corrected chi connectivity index (χ0v) is 13.9. The summed E-state index contributed by atoms with van der Waals surface area (Å²) in [7, 11) is 1.60. The number of aliphatic carboxylic acids is 1. The first-order valence-corrected chi connectivity index (χ1v) is 7.72. The van der Waals surface area contributed by atoms with Crippen LogP contribution in [0.4, 0.5) is 0 Å². The van der Waals surface area contributed by atoms with E-state index in [1.165, 1.54) is 0 Å². The molecule has 1 fully saturated rings. The molecule has 116 valence electrons. The van der Waals surface area contributed by atoms with Gasteiger partial charge in [-0.3, -0.25) is 4.79 Å². The number of carboxylic acid groups (broad SMARTS) is 1. The van der Waals surface area contributed by atoms with Gasteiger partial charge in [-0.25, -0.2) is 0 Å². The van der Waals surface area contributed by atoms with Gasteiger partial charge in [-0.2, -0.15) is 0 Å². The summed E-state index contributed by atoms with van der Waals surface area (Å²) < 4.78 is 5.62. The highest BCUT2D eigenvalue weighted by Crippen LogP contribution is 2.48. The van der Waals surface area contributed by atoms with E-state index in [4.69, 9.17) is 16.3 Å². The lowest BCUT2D eigenvalue weighted by molar-refractivity contribution is -0.143. The topological polar surface area (TPSA) is 46.5 Å². The van der Waals surface area contributed by atoms with Crippen molar-refractivity contribution >= 4 is 17.6 Å². The standard InChI is InChI=1S/C17H23ClO3/c1-16(2,3)12-9-11(18)10-13(14(12)21-4)17(15(19)20)7-5-6-8-17/h9-10H,5-8H2,1-4H3,(H,19,20). The van der Waals surface area contributed by atoms with Gasteiger partial charge in [0.05, 0.1) is 12.5 Å². The Morgan fingerprint density at radius 3 is 2.29 bits per heavy atom. The highest BCUT2D eigenvalue weighted by Gasteiger charge is 2.46. The van der Waals surface area contributed by atoms with Crippen molar-refractivity contribution in [3.63, 3.8) is 0 Å². The van der Waals surface area contributed by atoms with Gasteiger partial charge in [-0.05, 0) is 30.4 Å². The Balaban J connectivity index is 2.74. The fourth-order valence-corrected chi connectivity index (χ4v) is 3.52. The average Bonchev–Trinajstić information content (AvgIpc) is 2.87. The molecule has 1 aliphatic carbocycles. The summed E-state index contributed by atoms with van der Waals surface area (Å²) in [6.07, 6.45) is 3.13. The zero-order chi connectivity index (χ0) is 15.8. The first-order valence-electron chi connectivity index (χ1n) is 7.34. The van der Waals surface area contributed by atoms with Gasteiger partial charge < -0.3 is 9.84 Å². The van der Waals surface area contributed by atoms with Crippen LogP contribution in [0.3, 0.4) is 0 Å². The van der Waals surface area contributed by atoms with Crippen molar-refractivity contribution in [2.45, 2.75) is 57.3 Å². The van der Waals surface area contributed by atoms with Gasteiger partial charge in [0.1, 0.15) is 5.75 Å². The number of carbonyl (C=O) groups is 1. The van der Waals surface area contributed by atoms with Crippen LogP contribution in [0.2, 0.25) is 5.02 Å². The second-order valence-electron chi connectivity index (χ2n) is 6.88. The van der Waals surface area contributed by atoms with Crippen LogP contribution < -0.4 is 4.74 Å². The Labute approximate surface area is 131 Å². The number of methoxy groups -OCH3 is 1. The minimum absolute atomic E-state index is 0.163. The third-order valence-electron chi connectivity index (χ3n) is 4.45. The molecule has 0 aromatic heterocycles. The third kappa shape index (κ3) is 2.76. The van der Waals surface area contributed by atoms with Crippen LogP contribution in [0.5, 0.6) is 5.75 Å². The predicted molar refractivity (Wildman–Crippen MR) is 84.5 cm³/mol. The van der Waals surface area contributed by atoms with Crippen molar-refractivity contribution in [2.24, 2.45) is 0 Å². The normalized spacial score (nSPS) is 17.8. The smallest absolute Gasteiger partial charge is 0.314 e. The molecule has 1 N–H and O–H groups in total. The van der Waals surface area contributed by atoms with Crippen molar-refractivity contribution in [3.8, 4) is 5.75 Å². The number of hydrogen-bond acceptors (Lipinski definition) is 2. The van der Waals surface area contributed by atoms with E-state index >= 15 is 0 Å². The van der Waals surface area contributed by atoms with Crippen LogP contribution in [-0.2, 0) is 15.6 Å². The second kappa shape index (κ2) is 5.53. The number of rotatable bonds is 3. The predicted octanol–water partition coefficient (Wildman–Crippen LogP) is 4.54. The minimum Gasteiger partial charge on any atom is -0.496 e. The summed E-state index contributed by atoms with van der Waals surface area (Å²) in [5.74, 6) is -0.100. The van der Waals surface area contributed by atoms with Crippen LogP contribution in [-0.4, -0.2) is 18.2 Å². The fraction of sp³-hybridized carbons (Fsp3) is 0.588.